The molecule has 6 heteroatoms. The third kappa shape index (κ3) is 3.52. The van der Waals surface area contributed by atoms with E-state index in [1.165, 1.54) is 0 Å². The van der Waals surface area contributed by atoms with E-state index in [1.54, 1.807) is 30.2 Å². The smallest absolute Gasteiger partial charge is 0.336 e. The molecule has 1 aromatic rings. The fourth-order valence-electron chi connectivity index (χ4n) is 2.54. The number of nitrogens with one attached hydrogen (secondary N) is 1. The van der Waals surface area contributed by atoms with E-state index in [2.05, 4.69) is 5.32 Å². The second-order valence-electron chi connectivity index (χ2n) is 4.94. The number of aromatic carboxylic acids is 1. The molecule has 1 aliphatic rings. The lowest BCUT2D eigenvalue weighted by molar-refractivity contribution is 0.0695. The minimum Gasteiger partial charge on any atom is -0.478 e. The monoisotopic (exact) mass is 292 g/mol. The summed E-state index contributed by atoms with van der Waals surface area (Å²) in [6.45, 7) is 1.74. The van der Waals surface area contributed by atoms with Gasteiger partial charge >= 0.3 is 12.0 Å². The van der Waals surface area contributed by atoms with Gasteiger partial charge in [-0.05, 0) is 37.0 Å². The number of nitrogens with zero attached hydrogens (tertiary/aromatic N) is 1. The quantitative estimate of drug-likeness (QED) is 0.812. The number of amides is 2. The average Bonchev–Trinajstić information content (AvgIpc) is 2.50. The molecule has 0 saturated heterocycles. The standard InChI is InChI=1S/C15H20N2O4/c1-21-10-4-8-16-15(20)17-9-3-6-11-12(14(18)19)5-2-7-13(11)17/h2,5,7H,3-4,6,8-10H2,1H3,(H,16,20)(H,18,19). The summed E-state index contributed by atoms with van der Waals surface area (Å²) in [6.07, 6.45) is 2.20. The van der Waals surface area contributed by atoms with Crippen LogP contribution in [0, 0.1) is 0 Å². The van der Waals surface area contributed by atoms with E-state index in [1.807, 2.05) is 0 Å². The number of hydrogen-bond acceptors (Lipinski definition) is 3. The van der Waals surface area contributed by atoms with Crippen LogP contribution in [0.4, 0.5) is 10.5 Å². The van der Waals surface area contributed by atoms with Gasteiger partial charge in [-0.15, -0.1) is 0 Å². The number of carboxylic acid groups (broad SMARTS) is 1. The lowest BCUT2D eigenvalue weighted by Gasteiger charge is -2.30. The van der Waals surface area contributed by atoms with E-state index in [4.69, 9.17) is 4.74 Å². The molecule has 0 radical (unpaired) electrons. The van der Waals surface area contributed by atoms with Crippen LogP contribution in [0.25, 0.3) is 0 Å². The van der Waals surface area contributed by atoms with Crippen LogP contribution in [0.5, 0.6) is 0 Å². The molecule has 0 unspecified atom stereocenters. The minimum atomic E-state index is -0.950. The Bertz CT molecular complexity index is 530. The lowest BCUT2D eigenvalue weighted by atomic mass is 9.96. The maximum Gasteiger partial charge on any atom is 0.336 e. The summed E-state index contributed by atoms with van der Waals surface area (Å²) in [6, 6.07) is 4.88. The molecule has 0 aromatic heterocycles. The second kappa shape index (κ2) is 7.08. The molecule has 2 amide bonds. The minimum absolute atomic E-state index is 0.186. The van der Waals surface area contributed by atoms with Crippen LogP contribution in [0.1, 0.15) is 28.8 Å². The van der Waals surface area contributed by atoms with Crippen LogP contribution in [-0.4, -0.2) is 43.9 Å². The van der Waals surface area contributed by atoms with Crippen molar-refractivity contribution in [3.8, 4) is 0 Å². The van der Waals surface area contributed by atoms with Gasteiger partial charge in [0, 0.05) is 32.5 Å². The molecular weight excluding hydrogens is 272 g/mol. The predicted octanol–water partition coefficient (Wildman–Crippen LogP) is 1.88. The Labute approximate surface area is 123 Å². The molecule has 1 heterocycles. The van der Waals surface area contributed by atoms with Gasteiger partial charge in [0.25, 0.3) is 0 Å². The number of anilines is 1. The van der Waals surface area contributed by atoms with Crippen molar-refractivity contribution in [2.75, 3.05) is 31.7 Å². The molecule has 2 N–H and O–H groups in total. The van der Waals surface area contributed by atoms with E-state index in [0.29, 0.717) is 31.8 Å². The zero-order valence-electron chi connectivity index (χ0n) is 12.1. The highest BCUT2D eigenvalue weighted by molar-refractivity contribution is 5.97. The lowest BCUT2D eigenvalue weighted by Crippen LogP contribution is -2.43. The highest BCUT2D eigenvalue weighted by atomic mass is 16.5. The predicted molar refractivity (Wildman–Crippen MR) is 79.0 cm³/mol. The number of carbonyl (C=O) groups excluding carboxylic acids is 1. The topological polar surface area (TPSA) is 78.9 Å². The summed E-state index contributed by atoms with van der Waals surface area (Å²) in [5, 5.41) is 12.1. The third-order valence-corrected chi connectivity index (χ3v) is 3.53. The highest BCUT2D eigenvalue weighted by Crippen LogP contribution is 2.29. The van der Waals surface area contributed by atoms with Gasteiger partial charge in [0.15, 0.2) is 0 Å². The normalized spacial score (nSPS) is 13.7. The highest BCUT2D eigenvalue weighted by Gasteiger charge is 2.25. The molecule has 0 bridgehead atoms. The van der Waals surface area contributed by atoms with Gasteiger partial charge in [0.2, 0.25) is 0 Å². The van der Waals surface area contributed by atoms with Crippen molar-refractivity contribution in [2.24, 2.45) is 0 Å². The molecule has 1 aliphatic heterocycles. The van der Waals surface area contributed by atoms with Crippen molar-refractivity contribution < 1.29 is 19.4 Å². The van der Waals surface area contributed by atoms with E-state index in [9.17, 15) is 14.7 Å². The zero-order valence-corrected chi connectivity index (χ0v) is 12.1. The first-order valence-corrected chi connectivity index (χ1v) is 7.04. The first-order valence-electron chi connectivity index (χ1n) is 7.04. The van der Waals surface area contributed by atoms with Gasteiger partial charge in [-0.2, -0.15) is 0 Å². The Hall–Kier alpha value is -2.08. The van der Waals surface area contributed by atoms with E-state index >= 15 is 0 Å². The number of hydrogen-bond donors (Lipinski definition) is 2. The first-order chi connectivity index (χ1) is 10.1. The van der Waals surface area contributed by atoms with Crippen LogP contribution < -0.4 is 10.2 Å². The van der Waals surface area contributed by atoms with Crippen molar-refractivity contribution in [3.63, 3.8) is 0 Å². The second-order valence-corrected chi connectivity index (χ2v) is 4.94. The van der Waals surface area contributed by atoms with Gasteiger partial charge in [0.1, 0.15) is 0 Å². The summed E-state index contributed by atoms with van der Waals surface area (Å²) in [4.78, 5) is 25.1. The van der Waals surface area contributed by atoms with Gasteiger partial charge in [-0.3, -0.25) is 4.90 Å². The van der Waals surface area contributed by atoms with Crippen LogP contribution in [-0.2, 0) is 11.2 Å². The number of urea groups is 1. The molecule has 6 nitrogen and oxygen atoms in total. The molecule has 21 heavy (non-hydrogen) atoms. The molecule has 0 spiro atoms. The van der Waals surface area contributed by atoms with Crippen LogP contribution in [0.15, 0.2) is 18.2 Å². The SMILES string of the molecule is COCCCNC(=O)N1CCCc2c(C(=O)O)cccc21. The molecule has 114 valence electrons. The maximum atomic E-state index is 12.2. The van der Waals surface area contributed by atoms with E-state index in [-0.39, 0.29) is 11.6 Å². The molecule has 0 atom stereocenters. The molecule has 0 aliphatic carbocycles. The summed E-state index contributed by atoms with van der Waals surface area (Å²) in [7, 11) is 1.62. The largest absolute Gasteiger partial charge is 0.478 e. The molecule has 2 rings (SSSR count). The summed E-state index contributed by atoms with van der Waals surface area (Å²) < 4.78 is 4.94. The summed E-state index contributed by atoms with van der Waals surface area (Å²) in [5.74, 6) is -0.950. The number of ether oxygens (including phenoxy) is 1. The number of carboxylic acids is 1. The summed E-state index contributed by atoms with van der Waals surface area (Å²) in [5.41, 5.74) is 1.72. The van der Waals surface area contributed by atoms with Gasteiger partial charge in [-0.25, -0.2) is 9.59 Å². The van der Waals surface area contributed by atoms with Crippen molar-refractivity contribution in [1.29, 1.82) is 0 Å². The van der Waals surface area contributed by atoms with Gasteiger partial charge in [-0.1, -0.05) is 6.07 Å². The van der Waals surface area contributed by atoms with Crippen molar-refractivity contribution in [2.45, 2.75) is 19.3 Å². The van der Waals surface area contributed by atoms with Gasteiger partial charge in [0.05, 0.1) is 5.56 Å². The zero-order chi connectivity index (χ0) is 15.2. The Morgan fingerprint density at radius 1 is 1.43 bits per heavy atom. The number of fused-ring (bicyclic) bond motifs is 1. The van der Waals surface area contributed by atoms with Crippen LogP contribution in [0.3, 0.4) is 0 Å². The van der Waals surface area contributed by atoms with Gasteiger partial charge < -0.3 is 15.2 Å². The van der Waals surface area contributed by atoms with Crippen molar-refractivity contribution >= 4 is 17.7 Å². The van der Waals surface area contributed by atoms with Crippen LogP contribution >= 0.6 is 0 Å². The molecule has 0 fully saturated rings. The first kappa shape index (κ1) is 15.3. The number of carbonyl (C=O) groups is 2. The van der Waals surface area contributed by atoms with Crippen molar-refractivity contribution in [3.05, 3.63) is 29.3 Å². The Morgan fingerprint density at radius 3 is 2.95 bits per heavy atom. The summed E-state index contributed by atoms with van der Waals surface area (Å²) >= 11 is 0. The van der Waals surface area contributed by atoms with Crippen LogP contribution in [0.2, 0.25) is 0 Å². The Balaban J connectivity index is 2.13. The number of benzene rings is 1. The Morgan fingerprint density at radius 2 is 2.24 bits per heavy atom. The third-order valence-electron chi connectivity index (χ3n) is 3.53. The molecular formula is C15H20N2O4. The Kier molecular flexibility index (Phi) is 5.16. The molecule has 1 aromatic carbocycles. The number of rotatable bonds is 5. The van der Waals surface area contributed by atoms with E-state index in [0.717, 1.165) is 18.4 Å². The fourth-order valence-corrected chi connectivity index (χ4v) is 2.54. The van der Waals surface area contributed by atoms with E-state index < -0.39 is 5.97 Å². The molecule has 0 saturated carbocycles. The number of methoxy groups -OCH3 is 1. The average molecular weight is 292 g/mol. The fraction of sp³-hybridized carbons (Fsp3) is 0.467. The maximum absolute atomic E-state index is 12.2. The van der Waals surface area contributed by atoms with Crippen molar-refractivity contribution in [1.82, 2.24) is 5.32 Å².